The van der Waals surface area contributed by atoms with Crippen molar-refractivity contribution >= 4 is 0 Å². The molecule has 3 rings (SSSR count). The Bertz CT molecular complexity index is 416. The molecule has 2 heterocycles. The number of morpholine rings is 1. The van der Waals surface area contributed by atoms with Gasteiger partial charge in [-0.1, -0.05) is 6.92 Å². The van der Waals surface area contributed by atoms with Gasteiger partial charge in [-0.05, 0) is 43.7 Å². The van der Waals surface area contributed by atoms with E-state index in [0.717, 1.165) is 24.8 Å². The van der Waals surface area contributed by atoms with E-state index in [1.807, 2.05) is 0 Å². The lowest BCUT2D eigenvalue weighted by atomic mass is 9.77. The van der Waals surface area contributed by atoms with Crippen LogP contribution in [-0.4, -0.2) is 23.7 Å². The molecule has 1 spiro atoms. The van der Waals surface area contributed by atoms with Gasteiger partial charge in [0.25, 0.3) is 0 Å². The third-order valence-electron chi connectivity index (χ3n) is 4.53. The summed E-state index contributed by atoms with van der Waals surface area (Å²) in [6.45, 7) is 3.83. The minimum Gasteiger partial charge on any atom is -0.369 e. The first kappa shape index (κ1) is 13.0. The fraction of sp³-hybridized carbons (Fsp3) is 0.667. The van der Waals surface area contributed by atoms with Crippen LogP contribution in [0.4, 0.5) is 4.39 Å². The van der Waals surface area contributed by atoms with Gasteiger partial charge in [-0.25, -0.2) is 4.39 Å². The van der Waals surface area contributed by atoms with Crippen LogP contribution in [0.25, 0.3) is 0 Å². The highest BCUT2D eigenvalue weighted by atomic mass is 19.1. The molecule has 3 nitrogen and oxygen atoms in total. The summed E-state index contributed by atoms with van der Waals surface area (Å²) in [5.41, 5.74) is 0.983. The molecule has 1 aromatic rings. The Kier molecular flexibility index (Phi) is 3.54. The first-order valence-corrected chi connectivity index (χ1v) is 7.15. The zero-order chi connectivity index (χ0) is 13.3. The van der Waals surface area contributed by atoms with Crippen molar-refractivity contribution in [2.24, 2.45) is 5.92 Å². The maximum atomic E-state index is 12.9. The van der Waals surface area contributed by atoms with E-state index in [9.17, 15) is 4.39 Å². The summed E-state index contributed by atoms with van der Waals surface area (Å²) in [7, 11) is 0. The Morgan fingerprint density at radius 2 is 2.16 bits per heavy atom. The van der Waals surface area contributed by atoms with Crippen LogP contribution in [0.1, 0.15) is 44.4 Å². The molecule has 0 bridgehead atoms. The summed E-state index contributed by atoms with van der Waals surface area (Å²) >= 11 is 0. The number of pyridine rings is 1. The van der Waals surface area contributed by atoms with E-state index < -0.39 is 0 Å². The molecular formula is C15H21FN2O. The Morgan fingerprint density at radius 1 is 1.37 bits per heavy atom. The van der Waals surface area contributed by atoms with Crippen molar-refractivity contribution in [1.82, 2.24) is 10.3 Å². The normalized spacial score (nSPS) is 35.5. The van der Waals surface area contributed by atoms with Crippen LogP contribution in [0.2, 0.25) is 0 Å². The van der Waals surface area contributed by atoms with Crippen molar-refractivity contribution < 1.29 is 9.13 Å². The van der Waals surface area contributed by atoms with Crippen LogP contribution in [0, 0.1) is 11.7 Å². The van der Waals surface area contributed by atoms with Crippen molar-refractivity contribution in [3.05, 3.63) is 29.8 Å². The number of nitrogens with one attached hydrogen (secondary N) is 1. The molecule has 104 valence electrons. The SMILES string of the molecule is CC1CCC2(CC1)COC(c1ccc(F)cn1)CN2. The Morgan fingerprint density at radius 3 is 2.74 bits per heavy atom. The maximum absolute atomic E-state index is 12.9. The summed E-state index contributed by atoms with van der Waals surface area (Å²) in [5.74, 6) is 0.536. The molecule has 4 heteroatoms. The number of aromatic nitrogens is 1. The van der Waals surface area contributed by atoms with Gasteiger partial charge >= 0.3 is 0 Å². The second-order valence-corrected chi connectivity index (χ2v) is 6.04. The first-order valence-electron chi connectivity index (χ1n) is 7.15. The highest BCUT2D eigenvalue weighted by Gasteiger charge is 2.38. The predicted molar refractivity (Wildman–Crippen MR) is 71.3 cm³/mol. The van der Waals surface area contributed by atoms with Gasteiger partial charge in [-0.2, -0.15) is 0 Å². The molecule has 1 saturated heterocycles. The topological polar surface area (TPSA) is 34.1 Å². The van der Waals surface area contributed by atoms with Crippen LogP contribution >= 0.6 is 0 Å². The van der Waals surface area contributed by atoms with E-state index in [2.05, 4.69) is 17.2 Å². The van der Waals surface area contributed by atoms with E-state index in [-0.39, 0.29) is 17.5 Å². The van der Waals surface area contributed by atoms with Gasteiger partial charge in [0, 0.05) is 12.1 Å². The molecule has 0 aromatic carbocycles. The van der Waals surface area contributed by atoms with Crippen LogP contribution in [0.15, 0.2) is 18.3 Å². The zero-order valence-electron chi connectivity index (χ0n) is 11.4. The molecule has 0 amide bonds. The van der Waals surface area contributed by atoms with Crippen molar-refractivity contribution in [3.63, 3.8) is 0 Å². The molecule has 1 saturated carbocycles. The first-order chi connectivity index (χ1) is 9.17. The van der Waals surface area contributed by atoms with E-state index in [4.69, 9.17) is 4.74 Å². The van der Waals surface area contributed by atoms with E-state index in [1.165, 1.54) is 37.9 Å². The largest absolute Gasteiger partial charge is 0.369 e. The predicted octanol–water partition coefficient (Wildman–Crippen LogP) is 2.83. The van der Waals surface area contributed by atoms with Crippen molar-refractivity contribution in [2.45, 2.75) is 44.2 Å². The zero-order valence-corrected chi connectivity index (χ0v) is 11.4. The molecule has 19 heavy (non-hydrogen) atoms. The fourth-order valence-corrected chi connectivity index (χ4v) is 3.08. The lowest BCUT2D eigenvalue weighted by Crippen LogP contribution is -2.56. The monoisotopic (exact) mass is 264 g/mol. The summed E-state index contributed by atoms with van der Waals surface area (Å²) in [4.78, 5) is 4.11. The Balaban J connectivity index is 1.61. The lowest BCUT2D eigenvalue weighted by molar-refractivity contribution is -0.0521. The van der Waals surface area contributed by atoms with Crippen LogP contribution < -0.4 is 5.32 Å². The van der Waals surface area contributed by atoms with E-state index in [0.29, 0.717) is 0 Å². The van der Waals surface area contributed by atoms with Gasteiger partial charge in [0.15, 0.2) is 0 Å². The smallest absolute Gasteiger partial charge is 0.141 e. The molecule has 2 aliphatic rings. The third kappa shape index (κ3) is 2.79. The third-order valence-corrected chi connectivity index (χ3v) is 4.53. The molecule has 2 fully saturated rings. The second kappa shape index (κ2) is 5.17. The molecule has 1 aliphatic carbocycles. The van der Waals surface area contributed by atoms with Crippen LogP contribution in [-0.2, 0) is 4.74 Å². The fourth-order valence-electron chi connectivity index (χ4n) is 3.08. The quantitative estimate of drug-likeness (QED) is 0.847. The number of hydrogen-bond donors (Lipinski definition) is 1. The van der Waals surface area contributed by atoms with Crippen LogP contribution in [0.3, 0.4) is 0 Å². The highest BCUT2D eigenvalue weighted by molar-refractivity contribution is 5.10. The lowest BCUT2D eigenvalue weighted by Gasteiger charge is -2.45. The second-order valence-electron chi connectivity index (χ2n) is 6.04. The van der Waals surface area contributed by atoms with Crippen molar-refractivity contribution in [1.29, 1.82) is 0 Å². The molecular weight excluding hydrogens is 243 g/mol. The minimum absolute atomic E-state index is 0.0504. The summed E-state index contributed by atoms with van der Waals surface area (Å²) in [5, 5.41) is 3.66. The van der Waals surface area contributed by atoms with Crippen LogP contribution in [0.5, 0.6) is 0 Å². The molecule has 1 N–H and O–H groups in total. The minimum atomic E-state index is -0.301. The van der Waals surface area contributed by atoms with Crippen molar-refractivity contribution in [2.75, 3.05) is 13.2 Å². The van der Waals surface area contributed by atoms with Gasteiger partial charge in [0.05, 0.1) is 18.5 Å². The summed E-state index contributed by atoms with van der Waals surface area (Å²) in [6.07, 6.45) is 6.14. The molecule has 1 aromatic heterocycles. The Hall–Kier alpha value is -1.00. The highest BCUT2D eigenvalue weighted by Crippen LogP contribution is 2.35. The molecule has 1 aliphatic heterocycles. The number of rotatable bonds is 1. The summed E-state index contributed by atoms with van der Waals surface area (Å²) < 4.78 is 18.8. The average Bonchev–Trinajstić information content (AvgIpc) is 2.44. The number of halogens is 1. The molecule has 0 radical (unpaired) electrons. The Labute approximate surface area is 113 Å². The number of nitrogens with zero attached hydrogens (tertiary/aromatic N) is 1. The number of hydrogen-bond acceptors (Lipinski definition) is 3. The van der Waals surface area contributed by atoms with Gasteiger partial charge in [0.2, 0.25) is 0 Å². The number of ether oxygens (including phenoxy) is 1. The standard InChI is InChI=1S/C15H21FN2O/c1-11-4-6-15(7-5-11)10-19-14(9-18-15)13-3-2-12(16)8-17-13/h2-3,8,11,14,18H,4-7,9-10H2,1H3. The van der Waals surface area contributed by atoms with E-state index in [1.54, 1.807) is 6.07 Å². The summed E-state index contributed by atoms with van der Waals surface area (Å²) in [6, 6.07) is 3.15. The average molecular weight is 264 g/mol. The van der Waals surface area contributed by atoms with Gasteiger partial charge in [0.1, 0.15) is 11.9 Å². The van der Waals surface area contributed by atoms with Gasteiger partial charge in [-0.15, -0.1) is 0 Å². The van der Waals surface area contributed by atoms with Crippen molar-refractivity contribution in [3.8, 4) is 0 Å². The molecule has 1 atom stereocenters. The van der Waals surface area contributed by atoms with Gasteiger partial charge < -0.3 is 10.1 Å². The molecule has 1 unspecified atom stereocenters. The maximum Gasteiger partial charge on any atom is 0.141 e. The van der Waals surface area contributed by atoms with Gasteiger partial charge in [-0.3, -0.25) is 4.98 Å². The van der Waals surface area contributed by atoms with E-state index >= 15 is 0 Å².